The molecule has 1 unspecified atom stereocenters. The van der Waals surface area contributed by atoms with Crippen LogP contribution in [0, 0.1) is 0 Å². The number of carbonyl (C=O) groups excluding carboxylic acids is 1. The Hall–Kier alpha value is -1.69. The zero-order valence-electron chi connectivity index (χ0n) is 13.3. The molecule has 0 N–H and O–H groups in total. The highest BCUT2D eigenvalue weighted by atomic mass is 16.7. The number of hydrogen-bond donors (Lipinski definition) is 0. The van der Waals surface area contributed by atoms with Crippen molar-refractivity contribution in [2.45, 2.75) is 24.9 Å². The summed E-state index contributed by atoms with van der Waals surface area (Å²) in [5, 5.41) is 0. The number of rotatable bonds is 5. The van der Waals surface area contributed by atoms with E-state index in [1.807, 2.05) is 30.3 Å². The quantitative estimate of drug-likeness (QED) is 0.618. The van der Waals surface area contributed by atoms with Gasteiger partial charge in [0.15, 0.2) is 0 Å². The molecule has 1 aliphatic heterocycles. The molecule has 5 heteroatoms. The summed E-state index contributed by atoms with van der Waals surface area (Å²) in [5.74, 6) is -1.33. The minimum Gasteiger partial charge on any atom is -0.374 e. The maximum atomic E-state index is 12.6. The number of amides is 1. The summed E-state index contributed by atoms with van der Waals surface area (Å²) in [5.41, 5.74) is 0.969. The molecule has 22 heavy (non-hydrogen) atoms. The van der Waals surface area contributed by atoms with Gasteiger partial charge in [-0.05, 0) is 24.5 Å². The first-order valence-electron chi connectivity index (χ1n) is 7.35. The van der Waals surface area contributed by atoms with Gasteiger partial charge in [-0.1, -0.05) is 30.3 Å². The lowest BCUT2D eigenvalue weighted by molar-refractivity contribution is -0.340. The van der Waals surface area contributed by atoms with Crippen molar-refractivity contribution in [1.82, 2.24) is 4.90 Å². The predicted octanol–water partition coefficient (Wildman–Crippen LogP) is 2.28. The molecule has 0 bridgehead atoms. The van der Waals surface area contributed by atoms with Crippen LogP contribution in [0.3, 0.4) is 0 Å². The molecule has 0 radical (unpaired) electrons. The van der Waals surface area contributed by atoms with Crippen LogP contribution in [-0.2, 0) is 19.0 Å². The molecule has 5 nitrogen and oxygen atoms in total. The molecular formula is C17H23NO4. The molecule has 1 atom stereocenters. The average molecular weight is 305 g/mol. The van der Waals surface area contributed by atoms with Crippen LogP contribution in [0.1, 0.15) is 18.4 Å². The van der Waals surface area contributed by atoms with Crippen molar-refractivity contribution in [3.63, 3.8) is 0 Å². The highest BCUT2D eigenvalue weighted by molar-refractivity contribution is 5.92. The number of ether oxygens (including phenoxy) is 3. The third-order valence-electron chi connectivity index (χ3n) is 3.98. The lowest BCUT2D eigenvalue weighted by atomic mass is 10.0. The molecule has 1 fully saturated rings. The topological polar surface area (TPSA) is 48.0 Å². The van der Waals surface area contributed by atoms with Crippen LogP contribution < -0.4 is 0 Å². The second-order valence-corrected chi connectivity index (χ2v) is 5.14. The molecule has 0 aliphatic carbocycles. The minimum absolute atomic E-state index is 0.158. The normalized spacial score (nSPS) is 21.2. The Morgan fingerprint density at radius 3 is 2.50 bits per heavy atom. The number of nitrogens with zero attached hydrogens (tertiary/aromatic N) is 1. The van der Waals surface area contributed by atoms with Gasteiger partial charge in [0.25, 0.3) is 11.8 Å². The van der Waals surface area contributed by atoms with Crippen LogP contribution in [0.4, 0.5) is 0 Å². The first-order chi connectivity index (χ1) is 10.7. The molecular weight excluding hydrogens is 282 g/mol. The Morgan fingerprint density at radius 2 is 1.91 bits per heavy atom. The number of likely N-dealkylation sites (tertiary alicyclic amines) is 1. The van der Waals surface area contributed by atoms with Gasteiger partial charge in [0.05, 0.1) is 0 Å². The van der Waals surface area contributed by atoms with Crippen molar-refractivity contribution in [3.8, 4) is 0 Å². The Balaban J connectivity index is 2.20. The van der Waals surface area contributed by atoms with Crippen molar-refractivity contribution in [1.29, 1.82) is 0 Å². The molecule has 1 aromatic carbocycles. The molecule has 1 saturated heterocycles. The molecule has 0 aromatic heterocycles. The molecule has 0 spiro atoms. The standard InChI is InChI=1S/C17H23NO4/c1-20-15-10-7-13-18(17(15,21-2)22-3)16(19)12-11-14-8-5-4-6-9-14/h4-6,8-9,11-12,15H,7,10,13H2,1-3H3. The molecule has 1 heterocycles. The Bertz CT molecular complexity index is 511. The van der Waals surface area contributed by atoms with Gasteiger partial charge in [-0.15, -0.1) is 0 Å². The van der Waals surface area contributed by atoms with E-state index in [1.54, 1.807) is 24.2 Å². The van der Waals surface area contributed by atoms with E-state index in [4.69, 9.17) is 14.2 Å². The van der Waals surface area contributed by atoms with Gasteiger partial charge in [-0.2, -0.15) is 0 Å². The number of carbonyl (C=O) groups is 1. The summed E-state index contributed by atoms with van der Waals surface area (Å²) in [6.45, 7) is 0.569. The van der Waals surface area contributed by atoms with E-state index >= 15 is 0 Å². The van der Waals surface area contributed by atoms with E-state index < -0.39 is 5.91 Å². The van der Waals surface area contributed by atoms with Crippen molar-refractivity contribution in [3.05, 3.63) is 42.0 Å². The van der Waals surface area contributed by atoms with Crippen molar-refractivity contribution >= 4 is 12.0 Å². The van der Waals surface area contributed by atoms with Gasteiger partial charge in [-0.3, -0.25) is 9.69 Å². The highest BCUT2D eigenvalue weighted by Crippen LogP contribution is 2.32. The van der Waals surface area contributed by atoms with Gasteiger partial charge in [0, 0.05) is 34.0 Å². The second kappa shape index (κ2) is 7.54. The van der Waals surface area contributed by atoms with Crippen LogP contribution in [-0.4, -0.2) is 50.7 Å². The SMILES string of the molecule is COC1CCCN(C(=O)C=Cc2ccccc2)C1(OC)OC. The van der Waals surface area contributed by atoms with Crippen LogP contribution in [0.2, 0.25) is 0 Å². The Morgan fingerprint density at radius 1 is 1.23 bits per heavy atom. The second-order valence-electron chi connectivity index (χ2n) is 5.14. The van der Waals surface area contributed by atoms with E-state index in [-0.39, 0.29) is 12.0 Å². The van der Waals surface area contributed by atoms with Gasteiger partial charge in [-0.25, -0.2) is 0 Å². The zero-order valence-corrected chi connectivity index (χ0v) is 13.3. The summed E-state index contributed by atoms with van der Waals surface area (Å²) >= 11 is 0. The Kier molecular flexibility index (Phi) is 5.71. The molecule has 1 aliphatic rings. The predicted molar refractivity (Wildman–Crippen MR) is 84.0 cm³/mol. The fourth-order valence-electron chi connectivity index (χ4n) is 2.87. The van der Waals surface area contributed by atoms with Gasteiger partial charge in [0.2, 0.25) is 0 Å². The van der Waals surface area contributed by atoms with Crippen LogP contribution in [0.15, 0.2) is 36.4 Å². The fraction of sp³-hybridized carbons (Fsp3) is 0.471. The summed E-state index contributed by atoms with van der Waals surface area (Å²) in [6, 6.07) is 9.69. The molecule has 1 aromatic rings. The zero-order chi connectivity index (χ0) is 16.0. The van der Waals surface area contributed by atoms with E-state index in [2.05, 4.69) is 0 Å². The summed E-state index contributed by atoms with van der Waals surface area (Å²) in [4.78, 5) is 14.2. The van der Waals surface area contributed by atoms with Crippen LogP contribution in [0.25, 0.3) is 6.08 Å². The largest absolute Gasteiger partial charge is 0.374 e. The highest BCUT2D eigenvalue weighted by Gasteiger charge is 2.50. The first kappa shape index (κ1) is 16.7. The molecule has 120 valence electrons. The monoisotopic (exact) mass is 305 g/mol. The van der Waals surface area contributed by atoms with Crippen LogP contribution in [0.5, 0.6) is 0 Å². The maximum Gasteiger partial charge on any atom is 0.281 e. The van der Waals surface area contributed by atoms with Crippen LogP contribution >= 0.6 is 0 Å². The average Bonchev–Trinajstić information content (AvgIpc) is 2.59. The number of piperidine rings is 1. The van der Waals surface area contributed by atoms with E-state index in [1.165, 1.54) is 14.2 Å². The number of benzene rings is 1. The number of hydrogen-bond acceptors (Lipinski definition) is 4. The third-order valence-corrected chi connectivity index (χ3v) is 3.98. The third kappa shape index (κ3) is 3.21. The lowest BCUT2D eigenvalue weighted by Crippen LogP contribution is -2.64. The smallest absolute Gasteiger partial charge is 0.281 e. The Labute approximate surface area is 131 Å². The summed E-state index contributed by atoms with van der Waals surface area (Å²) in [6.07, 6.45) is 4.64. The molecule has 1 amide bonds. The summed E-state index contributed by atoms with van der Waals surface area (Å²) in [7, 11) is 4.66. The van der Waals surface area contributed by atoms with Gasteiger partial charge in [0.1, 0.15) is 6.10 Å². The molecule has 2 rings (SSSR count). The van der Waals surface area contributed by atoms with E-state index in [0.29, 0.717) is 6.54 Å². The van der Waals surface area contributed by atoms with Crippen molar-refractivity contribution < 1.29 is 19.0 Å². The first-order valence-corrected chi connectivity index (χ1v) is 7.35. The fourth-order valence-corrected chi connectivity index (χ4v) is 2.87. The van der Waals surface area contributed by atoms with E-state index in [9.17, 15) is 4.79 Å². The van der Waals surface area contributed by atoms with Gasteiger partial charge < -0.3 is 14.2 Å². The van der Waals surface area contributed by atoms with Crippen molar-refractivity contribution in [2.75, 3.05) is 27.9 Å². The van der Waals surface area contributed by atoms with Gasteiger partial charge >= 0.3 is 0 Å². The molecule has 0 saturated carbocycles. The minimum atomic E-state index is -1.18. The van der Waals surface area contributed by atoms with E-state index in [0.717, 1.165) is 18.4 Å². The summed E-state index contributed by atoms with van der Waals surface area (Å²) < 4.78 is 16.5. The maximum absolute atomic E-state index is 12.6. The van der Waals surface area contributed by atoms with Crippen molar-refractivity contribution in [2.24, 2.45) is 0 Å². The number of methoxy groups -OCH3 is 3. The lowest BCUT2D eigenvalue weighted by Gasteiger charge is -2.47.